The number of aromatic amines is 1. The highest BCUT2D eigenvalue weighted by Gasteiger charge is 2.03. The van der Waals surface area contributed by atoms with Crippen molar-refractivity contribution in [3.8, 4) is 11.1 Å². The van der Waals surface area contributed by atoms with Crippen LogP contribution in [-0.4, -0.2) is 38.2 Å². The van der Waals surface area contributed by atoms with Crippen LogP contribution in [0.25, 0.3) is 22.2 Å². The molecule has 0 aliphatic rings. The summed E-state index contributed by atoms with van der Waals surface area (Å²) in [6, 6.07) is 6.00. The second-order valence-corrected chi connectivity index (χ2v) is 4.43. The molecule has 2 heterocycles. The summed E-state index contributed by atoms with van der Waals surface area (Å²) in [5, 5.41) is 11.8. The standard InChI is InChI=1S/C14H15N5O/c20-5-1-4-15-14-16-7-11(8-17-14)10-2-3-12-13(6-10)19-9-18-12/h2-3,6-9,20H,1,4-5H2,(H,18,19)(H,15,16,17). The Kier molecular flexibility index (Phi) is 3.56. The normalized spacial score (nSPS) is 10.8. The summed E-state index contributed by atoms with van der Waals surface area (Å²) in [4.78, 5) is 15.8. The minimum Gasteiger partial charge on any atom is -0.396 e. The molecule has 0 unspecified atom stereocenters. The van der Waals surface area contributed by atoms with Gasteiger partial charge in [-0.05, 0) is 24.1 Å². The van der Waals surface area contributed by atoms with E-state index >= 15 is 0 Å². The summed E-state index contributed by atoms with van der Waals surface area (Å²) < 4.78 is 0. The van der Waals surface area contributed by atoms with Gasteiger partial charge in [-0.15, -0.1) is 0 Å². The molecule has 0 spiro atoms. The first-order chi connectivity index (χ1) is 9.86. The van der Waals surface area contributed by atoms with Crippen molar-refractivity contribution >= 4 is 17.0 Å². The van der Waals surface area contributed by atoms with E-state index in [9.17, 15) is 0 Å². The molecule has 0 bridgehead atoms. The average Bonchev–Trinajstić information content (AvgIpc) is 2.96. The van der Waals surface area contributed by atoms with E-state index in [-0.39, 0.29) is 6.61 Å². The molecule has 3 rings (SSSR count). The molecule has 3 N–H and O–H groups in total. The van der Waals surface area contributed by atoms with Crippen molar-refractivity contribution in [3.05, 3.63) is 36.9 Å². The van der Waals surface area contributed by atoms with Crippen molar-refractivity contribution in [3.63, 3.8) is 0 Å². The molecule has 0 atom stereocenters. The molecule has 0 amide bonds. The van der Waals surface area contributed by atoms with Gasteiger partial charge in [0.25, 0.3) is 0 Å². The Morgan fingerprint density at radius 2 is 1.95 bits per heavy atom. The van der Waals surface area contributed by atoms with Crippen LogP contribution in [0.1, 0.15) is 6.42 Å². The van der Waals surface area contributed by atoms with Gasteiger partial charge in [-0.25, -0.2) is 15.0 Å². The monoisotopic (exact) mass is 269 g/mol. The molecule has 3 aromatic rings. The van der Waals surface area contributed by atoms with Crippen molar-refractivity contribution < 1.29 is 5.11 Å². The molecule has 0 aliphatic heterocycles. The predicted octanol–water partition coefficient (Wildman–Crippen LogP) is 1.81. The van der Waals surface area contributed by atoms with Gasteiger partial charge in [0.2, 0.25) is 5.95 Å². The third kappa shape index (κ3) is 2.60. The van der Waals surface area contributed by atoms with Crippen molar-refractivity contribution in [2.24, 2.45) is 0 Å². The van der Waals surface area contributed by atoms with Crippen molar-refractivity contribution in [2.45, 2.75) is 6.42 Å². The first-order valence-corrected chi connectivity index (χ1v) is 6.47. The number of aliphatic hydroxyl groups excluding tert-OH is 1. The van der Waals surface area contributed by atoms with E-state index in [1.807, 2.05) is 18.2 Å². The van der Waals surface area contributed by atoms with E-state index in [0.717, 1.165) is 22.2 Å². The second-order valence-electron chi connectivity index (χ2n) is 4.43. The van der Waals surface area contributed by atoms with Crippen LogP contribution in [0.4, 0.5) is 5.95 Å². The van der Waals surface area contributed by atoms with Crippen molar-refractivity contribution in [1.82, 2.24) is 19.9 Å². The van der Waals surface area contributed by atoms with E-state index < -0.39 is 0 Å². The van der Waals surface area contributed by atoms with E-state index in [1.165, 1.54) is 0 Å². The molecule has 2 aromatic heterocycles. The van der Waals surface area contributed by atoms with E-state index in [0.29, 0.717) is 18.9 Å². The second kappa shape index (κ2) is 5.66. The van der Waals surface area contributed by atoms with Crippen LogP contribution >= 0.6 is 0 Å². The molecule has 6 nitrogen and oxygen atoms in total. The molecule has 0 aliphatic carbocycles. The lowest BCUT2D eigenvalue weighted by atomic mass is 10.1. The summed E-state index contributed by atoms with van der Waals surface area (Å²) in [5.41, 5.74) is 3.93. The molecule has 0 saturated carbocycles. The van der Waals surface area contributed by atoms with Crippen molar-refractivity contribution in [2.75, 3.05) is 18.5 Å². The Hall–Kier alpha value is -2.47. The molecule has 102 valence electrons. The SMILES string of the molecule is OCCCNc1ncc(-c2ccc3nc[nH]c3c2)cn1. The first-order valence-electron chi connectivity index (χ1n) is 6.47. The number of aliphatic hydroxyl groups is 1. The van der Waals surface area contributed by atoms with Crippen LogP contribution in [-0.2, 0) is 0 Å². The molecular weight excluding hydrogens is 254 g/mol. The summed E-state index contributed by atoms with van der Waals surface area (Å²) >= 11 is 0. The zero-order chi connectivity index (χ0) is 13.8. The van der Waals surface area contributed by atoms with Gasteiger partial charge < -0.3 is 15.4 Å². The summed E-state index contributed by atoms with van der Waals surface area (Å²) in [5.74, 6) is 0.574. The van der Waals surface area contributed by atoms with Gasteiger partial charge in [0.1, 0.15) is 0 Å². The number of imidazole rings is 1. The van der Waals surface area contributed by atoms with Crippen LogP contribution in [0.3, 0.4) is 0 Å². The number of nitrogens with one attached hydrogen (secondary N) is 2. The Labute approximate surface area is 115 Å². The molecule has 0 radical (unpaired) electrons. The number of hydrogen-bond donors (Lipinski definition) is 3. The lowest BCUT2D eigenvalue weighted by Gasteiger charge is -2.05. The molecular formula is C14H15N5O. The van der Waals surface area contributed by atoms with E-state index in [1.54, 1.807) is 18.7 Å². The van der Waals surface area contributed by atoms with Gasteiger partial charge in [-0.3, -0.25) is 0 Å². The lowest BCUT2D eigenvalue weighted by Crippen LogP contribution is -2.06. The fourth-order valence-corrected chi connectivity index (χ4v) is 1.96. The number of anilines is 1. The minimum atomic E-state index is 0.162. The number of nitrogens with zero attached hydrogens (tertiary/aromatic N) is 3. The van der Waals surface area contributed by atoms with Crippen LogP contribution < -0.4 is 5.32 Å². The fraction of sp³-hybridized carbons (Fsp3) is 0.214. The molecule has 6 heteroatoms. The van der Waals surface area contributed by atoms with Crippen LogP contribution in [0.15, 0.2) is 36.9 Å². The Morgan fingerprint density at radius 1 is 1.10 bits per heavy atom. The molecule has 0 saturated heterocycles. The number of benzene rings is 1. The zero-order valence-corrected chi connectivity index (χ0v) is 10.9. The fourth-order valence-electron chi connectivity index (χ4n) is 1.96. The number of fused-ring (bicyclic) bond motifs is 1. The van der Waals surface area contributed by atoms with Crippen LogP contribution in [0.5, 0.6) is 0 Å². The number of hydrogen-bond acceptors (Lipinski definition) is 5. The van der Waals surface area contributed by atoms with E-state index in [2.05, 4.69) is 25.3 Å². The maximum Gasteiger partial charge on any atom is 0.222 e. The largest absolute Gasteiger partial charge is 0.396 e. The number of H-pyrrole nitrogens is 1. The van der Waals surface area contributed by atoms with Gasteiger partial charge in [0.15, 0.2) is 0 Å². The third-order valence-corrected chi connectivity index (χ3v) is 3.02. The van der Waals surface area contributed by atoms with Crippen LogP contribution in [0.2, 0.25) is 0 Å². The molecule has 1 aromatic carbocycles. The predicted molar refractivity (Wildman–Crippen MR) is 77.3 cm³/mol. The highest BCUT2D eigenvalue weighted by molar-refractivity contribution is 5.81. The van der Waals surface area contributed by atoms with Crippen LogP contribution in [0, 0.1) is 0 Å². The highest BCUT2D eigenvalue weighted by atomic mass is 16.3. The molecule has 20 heavy (non-hydrogen) atoms. The maximum atomic E-state index is 8.72. The first kappa shape index (κ1) is 12.6. The van der Waals surface area contributed by atoms with Gasteiger partial charge >= 0.3 is 0 Å². The van der Waals surface area contributed by atoms with Gasteiger partial charge in [-0.2, -0.15) is 0 Å². The maximum absolute atomic E-state index is 8.72. The highest BCUT2D eigenvalue weighted by Crippen LogP contribution is 2.21. The molecule has 0 fully saturated rings. The average molecular weight is 269 g/mol. The smallest absolute Gasteiger partial charge is 0.222 e. The quantitative estimate of drug-likeness (QED) is 0.615. The third-order valence-electron chi connectivity index (χ3n) is 3.02. The number of aromatic nitrogens is 4. The summed E-state index contributed by atoms with van der Waals surface area (Å²) in [6.07, 6.45) is 5.93. The van der Waals surface area contributed by atoms with E-state index in [4.69, 9.17) is 5.11 Å². The zero-order valence-electron chi connectivity index (χ0n) is 10.9. The van der Waals surface area contributed by atoms with Gasteiger partial charge in [0.05, 0.1) is 17.4 Å². The lowest BCUT2D eigenvalue weighted by molar-refractivity contribution is 0.292. The van der Waals surface area contributed by atoms with Crippen molar-refractivity contribution in [1.29, 1.82) is 0 Å². The van der Waals surface area contributed by atoms with Gasteiger partial charge in [0, 0.05) is 31.1 Å². The summed E-state index contributed by atoms with van der Waals surface area (Å²) in [6.45, 7) is 0.825. The number of rotatable bonds is 5. The minimum absolute atomic E-state index is 0.162. The topological polar surface area (TPSA) is 86.7 Å². The Morgan fingerprint density at radius 3 is 2.75 bits per heavy atom. The Balaban J connectivity index is 1.79. The Bertz CT molecular complexity index is 692. The summed E-state index contributed by atoms with van der Waals surface area (Å²) in [7, 11) is 0. The van der Waals surface area contributed by atoms with Gasteiger partial charge in [-0.1, -0.05) is 6.07 Å².